The van der Waals surface area contributed by atoms with Crippen molar-refractivity contribution in [1.29, 1.82) is 0 Å². The van der Waals surface area contributed by atoms with Crippen LogP contribution in [0.5, 0.6) is 0 Å². The summed E-state index contributed by atoms with van der Waals surface area (Å²) in [5.74, 6) is 1.86. The molecule has 0 spiro atoms. The summed E-state index contributed by atoms with van der Waals surface area (Å²) < 4.78 is 0. The van der Waals surface area contributed by atoms with E-state index in [1.807, 2.05) is 0 Å². The first-order valence-corrected chi connectivity index (χ1v) is 6.90. The summed E-state index contributed by atoms with van der Waals surface area (Å²) in [5.41, 5.74) is 0. The highest BCUT2D eigenvalue weighted by atomic mass is 16.1. The largest absolute Gasteiger partial charge is 0.299 e. The molecule has 0 aromatic carbocycles. The average molecular weight is 208 g/mol. The van der Waals surface area contributed by atoms with Crippen LogP contribution in [-0.2, 0) is 4.79 Å². The molecule has 0 heterocycles. The van der Waals surface area contributed by atoms with Crippen molar-refractivity contribution in [2.45, 2.75) is 70.6 Å². The van der Waals surface area contributed by atoms with Gasteiger partial charge in [-0.1, -0.05) is 44.9 Å². The van der Waals surface area contributed by atoms with Crippen LogP contribution >= 0.6 is 0 Å². The van der Waals surface area contributed by atoms with Gasteiger partial charge in [-0.25, -0.2) is 0 Å². The molecule has 0 radical (unpaired) electrons. The van der Waals surface area contributed by atoms with Crippen molar-refractivity contribution in [2.75, 3.05) is 0 Å². The number of ketones is 1. The third kappa shape index (κ3) is 3.62. The zero-order chi connectivity index (χ0) is 10.5. The highest BCUT2D eigenvalue weighted by molar-refractivity contribution is 5.83. The lowest BCUT2D eigenvalue weighted by Gasteiger charge is -2.00. The van der Waals surface area contributed by atoms with Crippen molar-refractivity contribution in [3.05, 3.63) is 0 Å². The standard InChI is InChI=1S/C14H24O/c15-14-10-8-6-4-2-1-3-5-7-9-12-11-13(12)14/h12-13H,1-11H2/t12-,13+/m1/s1. The van der Waals surface area contributed by atoms with Gasteiger partial charge >= 0.3 is 0 Å². The summed E-state index contributed by atoms with van der Waals surface area (Å²) in [7, 11) is 0. The first kappa shape index (κ1) is 11.2. The maximum Gasteiger partial charge on any atom is 0.136 e. The minimum Gasteiger partial charge on any atom is -0.299 e. The maximum atomic E-state index is 11.8. The predicted octanol–water partition coefficient (Wildman–Crippen LogP) is 4.11. The molecular weight excluding hydrogens is 184 g/mol. The lowest BCUT2D eigenvalue weighted by atomic mass is 10.1. The van der Waals surface area contributed by atoms with Gasteiger partial charge in [0.2, 0.25) is 0 Å². The lowest BCUT2D eigenvalue weighted by Crippen LogP contribution is -2.02. The normalized spacial score (nSPS) is 34.5. The van der Waals surface area contributed by atoms with E-state index in [4.69, 9.17) is 0 Å². The third-order valence-corrected chi connectivity index (χ3v) is 4.08. The molecule has 15 heavy (non-hydrogen) atoms. The molecule has 2 aliphatic rings. The highest BCUT2D eigenvalue weighted by Crippen LogP contribution is 2.44. The van der Waals surface area contributed by atoms with Gasteiger partial charge in [0, 0.05) is 12.3 Å². The van der Waals surface area contributed by atoms with Crippen LogP contribution in [-0.4, -0.2) is 5.78 Å². The SMILES string of the molecule is O=C1CCCCCCCCCC[C@@H]2C[C@H]12. The van der Waals surface area contributed by atoms with Crippen molar-refractivity contribution in [2.24, 2.45) is 11.8 Å². The Morgan fingerprint density at radius 2 is 1.40 bits per heavy atom. The van der Waals surface area contributed by atoms with Crippen LogP contribution in [0.25, 0.3) is 0 Å². The number of hydrogen-bond acceptors (Lipinski definition) is 1. The van der Waals surface area contributed by atoms with Gasteiger partial charge in [0.25, 0.3) is 0 Å². The van der Waals surface area contributed by atoms with Crippen LogP contribution in [0.2, 0.25) is 0 Å². The number of Topliss-reactive ketones (excluding diaryl/α,β-unsaturated/α-hetero) is 1. The number of carbonyl (C=O) groups excluding carboxylic acids is 1. The number of carbonyl (C=O) groups is 1. The summed E-state index contributed by atoms with van der Waals surface area (Å²) >= 11 is 0. The molecule has 1 heteroatoms. The molecule has 2 atom stereocenters. The molecule has 0 bridgehead atoms. The summed E-state index contributed by atoms with van der Waals surface area (Å²) in [5, 5.41) is 0. The van der Waals surface area contributed by atoms with Gasteiger partial charge in [0.15, 0.2) is 0 Å². The minimum absolute atomic E-state index is 0.491. The molecule has 2 rings (SSSR count). The zero-order valence-corrected chi connectivity index (χ0v) is 9.84. The quantitative estimate of drug-likeness (QED) is 0.585. The van der Waals surface area contributed by atoms with E-state index in [1.165, 1.54) is 57.8 Å². The summed E-state index contributed by atoms with van der Waals surface area (Å²) in [6.07, 6.45) is 14.2. The van der Waals surface area contributed by atoms with Gasteiger partial charge in [0.1, 0.15) is 5.78 Å². The van der Waals surface area contributed by atoms with Crippen LogP contribution in [0.4, 0.5) is 0 Å². The Kier molecular flexibility index (Phi) is 4.22. The minimum atomic E-state index is 0.491. The van der Waals surface area contributed by atoms with Gasteiger partial charge in [-0.05, 0) is 25.2 Å². The fourth-order valence-corrected chi connectivity index (χ4v) is 2.91. The molecule has 0 saturated heterocycles. The maximum absolute atomic E-state index is 11.8. The van der Waals surface area contributed by atoms with Gasteiger partial charge in [-0.2, -0.15) is 0 Å². The van der Waals surface area contributed by atoms with E-state index < -0.39 is 0 Å². The second-order valence-corrected chi connectivity index (χ2v) is 5.44. The molecule has 0 N–H and O–H groups in total. The summed E-state index contributed by atoms with van der Waals surface area (Å²) in [6, 6.07) is 0. The van der Waals surface area contributed by atoms with Crippen molar-refractivity contribution in [3.63, 3.8) is 0 Å². The van der Waals surface area contributed by atoms with Gasteiger partial charge < -0.3 is 0 Å². The van der Waals surface area contributed by atoms with Crippen molar-refractivity contribution in [3.8, 4) is 0 Å². The van der Waals surface area contributed by atoms with Crippen LogP contribution in [0.15, 0.2) is 0 Å². The topological polar surface area (TPSA) is 17.1 Å². The second-order valence-electron chi connectivity index (χ2n) is 5.44. The molecule has 2 fully saturated rings. The number of fused-ring (bicyclic) bond motifs is 1. The van der Waals surface area contributed by atoms with Gasteiger partial charge in [-0.15, -0.1) is 0 Å². The molecule has 2 saturated carbocycles. The Morgan fingerprint density at radius 1 is 0.800 bits per heavy atom. The van der Waals surface area contributed by atoms with Crippen LogP contribution in [0.1, 0.15) is 70.6 Å². The Balaban J connectivity index is 1.74. The Labute approximate surface area is 93.6 Å². The zero-order valence-electron chi connectivity index (χ0n) is 9.84. The van der Waals surface area contributed by atoms with Crippen LogP contribution in [0.3, 0.4) is 0 Å². The van der Waals surface area contributed by atoms with E-state index in [-0.39, 0.29) is 0 Å². The fourth-order valence-electron chi connectivity index (χ4n) is 2.91. The molecule has 0 aromatic rings. The fraction of sp³-hybridized carbons (Fsp3) is 0.929. The first-order valence-electron chi connectivity index (χ1n) is 6.90. The Hall–Kier alpha value is -0.330. The molecule has 0 unspecified atom stereocenters. The highest BCUT2D eigenvalue weighted by Gasteiger charge is 2.40. The molecule has 86 valence electrons. The Morgan fingerprint density at radius 3 is 2.13 bits per heavy atom. The van der Waals surface area contributed by atoms with E-state index in [2.05, 4.69) is 0 Å². The summed E-state index contributed by atoms with van der Waals surface area (Å²) in [4.78, 5) is 11.8. The van der Waals surface area contributed by atoms with E-state index >= 15 is 0 Å². The summed E-state index contributed by atoms with van der Waals surface area (Å²) in [6.45, 7) is 0. The van der Waals surface area contributed by atoms with Crippen LogP contribution in [0, 0.1) is 11.8 Å². The molecule has 2 aliphatic carbocycles. The third-order valence-electron chi connectivity index (χ3n) is 4.08. The van der Waals surface area contributed by atoms with Gasteiger partial charge in [0.05, 0.1) is 0 Å². The van der Waals surface area contributed by atoms with Crippen molar-refractivity contribution in [1.82, 2.24) is 0 Å². The van der Waals surface area contributed by atoms with E-state index in [0.29, 0.717) is 11.7 Å². The number of hydrogen-bond donors (Lipinski definition) is 0. The van der Waals surface area contributed by atoms with E-state index in [0.717, 1.165) is 18.8 Å². The van der Waals surface area contributed by atoms with E-state index in [1.54, 1.807) is 0 Å². The van der Waals surface area contributed by atoms with Crippen molar-refractivity contribution >= 4 is 5.78 Å². The van der Waals surface area contributed by atoms with Crippen molar-refractivity contribution < 1.29 is 4.79 Å². The molecule has 0 amide bonds. The molecule has 1 nitrogen and oxygen atoms in total. The number of rotatable bonds is 0. The monoisotopic (exact) mass is 208 g/mol. The van der Waals surface area contributed by atoms with E-state index in [9.17, 15) is 4.79 Å². The second kappa shape index (κ2) is 5.67. The Bertz CT molecular complexity index is 209. The average Bonchev–Trinajstić information content (AvgIpc) is 2.99. The van der Waals surface area contributed by atoms with Gasteiger partial charge in [-0.3, -0.25) is 4.79 Å². The molecule has 0 aromatic heterocycles. The smallest absolute Gasteiger partial charge is 0.136 e. The predicted molar refractivity (Wildman–Crippen MR) is 62.8 cm³/mol. The first-order chi connectivity index (χ1) is 7.38. The molecular formula is C14H24O. The van der Waals surface area contributed by atoms with Crippen LogP contribution < -0.4 is 0 Å². The molecule has 0 aliphatic heterocycles. The lowest BCUT2D eigenvalue weighted by molar-refractivity contribution is -0.120.